The maximum atomic E-state index is 12.4. The Morgan fingerprint density at radius 3 is 1.58 bits per heavy atom. The number of ether oxygens (including phenoxy) is 4. The molecule has 0 spiro atoms. The quantitative estimate of drug-likeness (QED) is 0.291. The van der Waals surface area contributed by atoms with Crippen molar-refractivity contribution in [3.05, 3.63) is 95.6 Å². The molecule has 0 saturated heterocycles. The smallest absolute Gasteiger partial charge is 0.336 e. The van der Waals surface area contributed by atoms with Crippen LogP contribution in [0.3, 0.4) is 0 Å². The molecule has 160 valence electrons. The van der Waals surface area contributed by atoms with Gasteiger partial charge in [-0.3, -0.25) is 0 Å². The van der Waals surface area contributed by atoms with Crippen molar-refractivity contribution in [2.75, 3.05) is 27.8 Å². The highest BCUT2D eigenvalue weighted by Crippen LogP contribution is 2.34. The summed E-state index contributed by atoms with van der Waals surface area (Å²) in [6.07, 6.45) is 0. The molecular formula is C25H24O6. The summed E-state index contributed by atoms with van der Waals surface area (Å²) < 4.78 is 20.7. The standard InChI is InChI=1S/C25H24O6/c1-28-16-30-21-12-8-19(9-13-21)23(18-6-4-3-5-7-18)24(25(26)27)20-10-14-22(15-11-20)31-17-29-2/h3-15H,16-17H2,1-2H3,(H,26,27). The second kappa shape index (κ2) is 11.0. The van der Waals surface area contributed by atoms with E-state index < -0.39 is 5.97 Å². The van der Waals surface area contributed by atoms with Gasteiger partial charge in [0.25, 0.3) is 0 Å². The fraction of sp³-hybridized carbons (Fsp3) is 0.160. The molecule has 6 nitrogen and oxygen atoms in total. The molecule has 0 heterocycles. The van der Waals surface area contributed by atoms with Crippen LogP contribution in [0.25, 0.3) is 11.1 Å². The number of hydrogen-bond acceptors (Lipinski definition) is 5. The van der Waals surface area contributed by atoms with E-state index in [-0.39, 0.29) is 19.2 Å². The van der Waals surface area contributed by atoms with Gasteiger partial charge in [-0.05, 0) is 41.0 Å². The normalized spacial score (nSPS) is 11.5. The van der Waals surface area contributed by atoms with Gasteiger partial charge in [0.05, 0.1) is 5.57 Å². The fourth-order valence-corrected chi connectivity index (χ4v) is 3.12. The van der Waals surface area contributed by atoms with Crippen molar-refractivity contribution in [3.8, 4) is 11.5 Å². The number of methoxy groups -OCH3 is 2. The van der Waals surface area contributed by atoms with Crippen LogP contribution in [-0.2, 0) is 14.3 Å². The topological polar surface area (TPSA) is 74.2 Å². The average molecular weight is 420 g/mol. The summed E-state index contributed by atoms with van der Waals surface area (Å²) in [6, 6.07) is 23.6. The Morgan fingerprint density at radius 2 is 1.13 bits per heavy atom. The van der Waals surface area contributed by atoms with Crippen LogP contribution in [0.15, 0.2) is 78.9 Å². The van der Waals surface area contributed by atoms with Crippen molar-refractivity contribution in [2.24, 2.45) is 0 Å². The lowest BCUT2D eigenvalue weighted by Crippen LogP contribution is -2.06. The van der Waals surface area contributed by atoms with Crippen LogP contribution in [0.5, 0.6) is 11.5 Å². The van der Waals surface area contributed by atoms with Gasteiger partial charge in [-0.25, -0.2) is 4.79 Å². The van der Waals surface area contributed by atoms with Gasteiger partial charge in [-0.2, -0.15) is 0 Å². The predicted octanol–water partition coefficient (Wildman–Crippen LogP) is 4.70. The van der Waals surface area contributed by atoms with E-state index in [2.05, 4.69) is 0 Å². The van der Waals surface area contributed by atoms with Crippen LogP contribution in [0, 0.1) is 0 Å². The summed E-state index contributed by atoms with van der Waals surface area (Å²) in [5, 5.41) is 10.2. The van der Waals surface area contributed by atoms with Gasteiger partial charge in [0.15, 0.2) is 13.6 Å². The first kappa shape index (κ1) is 22.1. The summed E-state index contributed by atoms with van der Waals surface area (Å²) in [4.78, 5) is 12.4. The van der Waals surface area contributed by atoms with E-state index in [1.807, 2.05) is 42.5 Å². The van der Waals surface area contributed by atoms with Gasteiger partial charge in [-0.1, -0.05) is 54.6 Å². The van der Waals surface area contributed by atoms with E-state index in [9.17, 15) is 9.90 Å². The van der Waals surface area contributed by atoms with Gasteiger partial charge in [0, 0.05) is 19.8 Å². The van der Waals surface area contributed by atoms with Crippen LogP contribution >= 0.6 is 0 Å². The number of hydrogen-bond donors (Lipinski definition) is 1. The monoisotopic (exact) mass is 420 g/mol. The number of aliphatic carboxylic acids is 1. The fourth-order valence-electron chi connectivity index (χ4n) is 3.12. The molecule has 3 aromatic rings. The van der Waals surface area contributed by atoms with E-state index in [1.165, 1.54) is 7.11 Å². The molecule has 0 aliphatic carbocycles. The minimum atomic E-state index is -1.02. The Labute approximate surface area is 181 Å². The zero-order chi connectivity index (χ0) is 22.1. The molecule has 0 saturated carbocycles. The highest BCUT2D eigenvalue weighted by atomic mass is 16.7. The second-order valence-corrected chi connectivity index (χ2v) is 6.57. The maximum Gasteiger partial charge on any atom is 0.336 e. The number of carbonyl (C=O) groups is 1. The van der Waals surface area contributed by atoms with Gasteiger partial charge in [0.2, 0.25) is 0 Å². The lowest BCUT2D eigenvalue weighted by molar-refractivity contribution is -0.130. The molecule has 0 fully saturated rings. The van der Waals surface area contributed by atoms with Gasteiger partial charge in [-0.15, -0.1) is 0 Å². The lowest BCUT2D eigenvalue weighted by Gasteiger charge is -2.15. The third-order valence-electron chi connectivity index (χ3n) is 4.50. The third kappa shape index (κ3) is 5.72. The zero-order valence-corrected chi connectivity index (χ0v) is 17.4. The Balaban J connectivity index is 2.11. The molecule has 1 N–H and O–H groups in total. The minimum Gasteiger partial charge on any atom is -0.478 e. The SMILES string of the molecule is COCOc1ccc(C(C(=O)O)=C(c2ccccc2)c2ccc(OCOC)cc2)cc1. The number of carboxylic acid groups (broad SMARTS) is 1. The highest BCUT2D eigenvalue weighted by molar-refractivity contribution is 6.26. The van der Waals surface area contributed by atoms with E-state index >= 15 is 0 Å². The summed E-state index contributed by atoms with van der Waals surface area (Å²) in [5.41, 5.74) is 2.92. The first-order valence-electron chi connectivity index (χ1n) is 9.61. The molecule has 0 radical (unpaired) electrons. The molecule has 6 heteroatoms. The average Bonchev–Trinajstić information content (AvgIpc) is 2.81. The molecule has 0 aromatic heterocycles. The van der Waals surface area contributed by atoms with Crippen LogP contribution in [-0.4, -0.2) is 38.9 Å². The lowest BCUT2D eigenvalue weighted by atomic mass is 9.89. The summed E-state index contributed by atoms with van der Waals surface area (Å²) in [5.74, 6) is 0.204. The van der Waals surface area contributed by atoms with Crippen molar-refractivity contribution in [3.63, 3.8) is 0 Å². The number of carboxylic acids is 1. The van der Waals surface area contributed by atoms with Crippen molar-refractivity contribution < 1.29 is 28.8 Å². The Hall–Kier alpha value is -3.61. The highest BCUT2D eigenvalue weighted by Gasteiger charge is 2.20. The molecule has 0 amide bonds. The number of benzene rings is 3. The molecule has 3 rings (SSSR count). The minimum absolute atomic E-state index is 0.119. The number of rotatable bonds is 10. The predicted molar refractivity (Wildman–Crippen MR) is 118 cm³/mol. The molecule has 0 atom stereocenters. The zero-order valence-electron chi connectivity index (χ0n) is 17.4. The molecule has 3 aromatic carbocycles. The molecule has 31 heavy (non-hydrogen) atoms. The van der Waals surface area contributed by atoms with Crippen LogP contribution in [0.2, 0.25) is 0 Å². The van der Waals surface area contributed by atoms with Crippen LogP contribution in [0.4, 0.5) is 0 Å². The van der Waals surface area contributed by atoms with Crippen LogP contribution < -0.4 is 9.47 Å². The first-order chi connectivity index (χ1) is 15.1. The maximum absolute atomic E-state index is 12.4. The van der Waals surface area contributed by atoms with Crippen molar-refractivity contribution in [1.29, 1.82) is 0 Å². The summed E-state index contributed by atoms with van der Waals surface area (Å²) in [6.45, 7) is 0.256. The largest absolute Gasteiger partial charge is 0.478 e. The molecular weight excluding hydrogens is 396 g/mol. The Bertz CT molecular complexity index is 1010. The molecule has 0 aliphatic heterocycles. The Morgan fingerprint density at radius 1 is 0.677 bits per heavy atom. The van der Waals surface area contributed by atoms with E-state index in [1.54, 1.807) is 43.5 Å². The molecule has 0 unspecified atom stereocenters. The van der Waals surface area contributed by atoms with E-state index in [0.717, 1.165) is 11.1 Å². The van der Waals surface area contributed by atoms with Crippen LogP contribution in [0.1, 0.15) is 16.7 Å². The van der Waals surface area contributed by atoms with Gasteiger partial charge >= 0.3 is 5.97 Å². The van der Waals surface area contributed by atoms with Gasteiger partial charge in [0.1, 0.15) is 11.5 Å². The van der Waals surface area contributed by atoms with Gasteiger partial charge < -0.3 is 24.1 Å². The Kier molecular flexibility index (Phi) is 7.81. The van der Waals surface area contributed by atoms with Crippen molar-refractivity contribution in [1.82, 2.24) is 0 Å². The summed E-state index contributed by atoms with van der Waals surface area (Å²) in [7, 11) is 3.09. The van der Waals surface area contributed by atoms with E-state index in [4.69, 9.17) is 18.9 Å². The van der Waals surface area contributed by atoms with Crippen molar-refractivity contribution >= 4 is 17.1 Å². The van der Waals surface area contributed by atoms with Crippen molar-refractivity contribution in [2.45, 2.75) is 0 Å². The first-order valence-corrected chi connectivity index (χ1v) is 9.61. The van der Waals surface area contributed by atoms with E-state index in [0.29, 0.717) is 22.6 Å². The molecule has 0 bridgehead atoms. The molecule has 0 aliphatic rings. The second-order valence-electron chi connectivity index (χ2n) is 6.57. The third-order valence-corrected chi connectivity index (χ3v) is 4.50. The summed E-state index contributed by atoms with van der Waals surface area (Å²) >= 11 is 0.